The van der Waals surface area contributed by atoms with Crippen molar-refractivity contribution in [1.82, 2.24) is 19.7 Å². The molecule has 0 saturated heterocycles. The number of benzene rings is 1. The van der Waals surface area contributed by atoms with Crippen LogP contribution < -0.4 is 0 Å². The zero-order chi connectivity index (χ0) is 18.6. The van der Waals surface area contributed by atoms with E-state index in [-0.39, 0.29) is 0 Å². The quantitative estimate of drug-likeness (QED) is 0.377. The van der Waals surface area contributed by atoms with Crippen molar-refractivity contribution in [2.24, 2.45) is 0 Å². The molecular weight excluding hydrogens is 376 g/mol. The molecule has 0 atom stereocenters. The minimum atomic E-state index is 0.748. The van der Waals surface area contributed by atoms with Crippen molar-refractivity contribution in [3.8, 4) is 22.2 Å². The van der Waals surface area contributed by atoms with E-state index in [1.807, 2.05) is 12.1 Å². The zero-order valence-electron chi connectivity index (χ0n) is 15.3. The van der Waals surface area contributed by atoms with Crippen LogP contribution in [0.1, 0.15) is 24.6 Å². The van der Waals surface area contributed by atoms with E-state index in [9.17, 15) is 0 Å². The van der Waals surface area contributed by atoms with Gasteiger partial charge in [-0.15, -0.1) is 21.5 Å². The van der Waals surface area contributed by atoms with Crippen LogP contribution in [0.3, 0.4) is 0 Å². The molecule has 4 rings (SSSR count). The molecule has 0 spiro atoms. The summed E-state index contributed by atoms with van der Waals surface area (Å²) in [6, 6.07) is 12.2. The first kappa shape index (κ1) is 18.0. The van der Waals surface area contributed by atoms with Gasteiger partial charge < -0.3 is 4.42 Å². The van der Waals surface area contributed by atoms with Gasteiger partial charge in [0.15, 0.2) is 16.7 Å². The molecule has 0 N–H and O–H groups in total. The Bertz CT molecular complexity index is 1020. The van der Waals surface area contributed by atoms with Gasteiger partial charge in [-0.3, -0.25) is 4.57 Å². The first-order valence-electron chi connectivity index (χ1n) is 8.86. The van der Waals surface area contributed by atoms with Crippen LogP contribution in [0.15, 0.2) is 57.6 Å². The van der Waals surface area contributed by atoms with E-state index in [4.69, 9.17) is 9.40 Å². The van der Waals surface area contributed by atoms with Crippen molar-refractivity contribution in [1.29, 1.82) is 0 Å². The van der Waals surface area contributed by atoms with Gasteiger partial charge >= 0.3 is 0 Å². The maximum absolute atomic E-state index is 5.50. The highest BCUT2D eigenvalue weighted by atomic mass is 32.2. The topological polar surface area (TPSA) is 56.7 Å². The summed E-state index contributed by atoms with van der Waals surface area (Å²) in [6.45, 7) is 5.11. The zero-order valence-corrected chi connectivity index (χ0v) is 16.9. The van der Waals surface area contributed by atoms with E-state index in [0.29, 0.717) is 0 Å². The van der Waals surface area contributed by atoms with Crippen LogP contribution in [0.4, 0.5) is 0 Å². The average molecular weight is 397 g/mol. The summed E-state index contributed by atoms with van der Waals surface area (Å²) in [6.07, 6.45) is 2.67. The van der Waals surface area contributed by atoms with Gasteiger partial charge in [0, 0.05) is 23.2 Å². The average Bonchev–Trinajstić information content (AvgIpc) is 3.41. The third-order valence-corrected chi connectivity index (χ3v) is 6.01. The van der Waals surface area contributed by atoms with Gasteiger partial charge in [-0.25, -0.2) is 4.98 Å². The van der Waals surface area contributed by atoms with Crippen molar-refractivity contribution in [3.05, 3.63) is 59.3 Å². The Morgan fingerprint density at radius 3 is 2.89 bits per heavy atom. The number of aromatic nitrogens is 4. The van der Waals surface area contributed by atoms with E-state index >= 15 is 0 Å². The van der Waals surface area contributed by atoms with Crippen LogP contribution in [0, 0.1) is 6.92 Å². The molecule has 27 heavy (non-hydrogen) atoms. The van der Waals surface area contributed by atoms with Crippen LogP contribution in [-0.2, 0) is 12.3 Å². The number of aryl methyl sites for hydroxylation is 1. The minimum Gasteiger partial charge on any atom is -0.461 e. The summed E-state index contributed by atoms with van der Waals surface area (Å²) in [7, 11) is 0. The number of thioether (sulfide) groups is 1. The summed E-state index contributed by atoms with van der Waals surface area (Å²) < 4.78 is 7.62. The lowest BCUT2D eigenvalue weighted by molar-refractivity contribution is 0.559. The molecule has 0 amide bonds. The van der Waals surface area contributed by atoms with Crippen LogP contribution in [0.25, 0.3) is 22.2 Å². The molecule has 0 bridgehead atoms. The van der Waals surface area contributed by atoms with Gasteiger partial charge in [0.1, 0.15) is 5.01 Å². The lowest BCUT2D eigenvalue weighted by atomic mass is 10.1. The number of furan rings is 1. The molecule has 0 aliphatic heterocycles. The molecule has 138 valence electrons. The number of thiazole rings is 1. The SMILES string of the molecule is CCCn1c(SCc2csc(-c3cccc(C)c3)n2)nnc1-c1ccco1. The Morgan fingerprint density at radius 1 is 1.19 bits per heavy atom. The lowest BCUT2D eigenvalue weighted by Gasteiger charge is -2.06. The molecule has 1 aromatic carbocycles. The predicted octanol–water partition coefficient (Wildman–Crippen LogP) is 5.67. The van der Waals surface area contributed by atoms with E-state index in [2.05, 4.69) is 58.3 Å². The van der Waals surface area contributed by atoms with Gasteiger partial charge in [0.05, 0.1) is 12.0 Å². The van der Waals surface area contributed by atoms with Gasteiger partial charge in [-0.1, -0.05) is 42.4 Å². The second-order valence-electron chi connectivity index (χ2n) is 6.24. The molecule has 0 saturated carbocycles. The van der Waals surface area contributed by atoms with E-state index in [0.717, 1.165) is 46.2 Å². The second kappa shape index (κ2) is 8.10. The smallest absolute Gasteiger partial charge is 0.200 e. The third-order valence-electron chi connectivity index (χ3n) is 4.07. The van der Waals surface area contributed by atoms with E-state index in [1.165, 1.54) is 11.1 Å². The largest absolute Gasteiger partial charge is 0.461 e. The number of nitrogens with zero attached hydrogens (tertiary/aromatic N) is 4. The number of hydrogen-bond acceptors (Lipinski definition) is 6. The maximum atomic E-state index is 5.50. The number of rotatable bonds is 7. The molecule has 0 unspecified atom stereocenters. The predicted molar refractivity (Wildman–Crippen MR) is 110 cm³/mol. The fraction of sp³-hybridized carbons (Fsp3) is 0.250. The molecule has 0 aliphatic rings. The van der Waals surface area contributed by atoms with Crippen molar-refractivity contribution in [2.75, 3.05) is 0 Å². The molecule has 0 radical (unpaired) electrons. The molecule has 0 aliphatic carbocycles. The monoisotopic (exact) mass is 396 g/mol. The molecule has 4 aromatic rings. The molecule has 3 aromatic heterocycles. The number of hydrogen-bond donors (Lipinski definition) is 0. The molecule has 5 nitrogen and oxygen atoms in total. The first-order valence-corrected chi connectivity index (χ1v) is 10.7. The van der Waals surface area contributed by atoms with Gasteiger partial charge in [-0.05, 0) is 31.5 Å². The molecule has 7 heteroatoms. The van der Waals surface area contributed by atoms with Crippen molar-refractivity contribution in [2.45, 2.75) is 37.7 Å². The highest BCUT2D eigenvalue weighted by molar-refractivity contribution is 7.98. The van der Waals surface area contributed by atoms with Gasteiger partial charge in [0.25, 0.3) is 0 Å². The second-order valence-corrected chi connectivity index (χ2v) is 8.04. The Hall–Kier alpha value is -2.38. The standard InChI is InChI=1S/C20H20N4OS2/c1-3-9-24-18(17-8-5-10-25-17)22-23-20(24)27-13-16-12-26-19(21-16)15-7-4-6-14(2)11-15/h4-8,10-12H,3,9,13H2,1-2H3. The van der Waals surface area contributed by atoms with Crippen molar-refractivity contribution >= 4 is 23.1 Å². The summed E-state index contributed by atoms with van der Waals surface area (Å²) in [4.78, 5) is 4.79. The van der Waals surface area contributed by atoms with Crippen molar-refractivity contribution < 1.29 is 4.42 Å². The van der Waals surface area contributed by atoms with Gasteiger partial charge in [0.2, 0.25) is 0 Å². The van der Waals surface area contributed by atoms with Crippen LogP contribution in [0.2, 0.25) is 0 Å². The summed E-state index contributed by atoms with van der Waals surface area (Å²) in [5.41, 5.74) is 3.48. The molecule has 3 heterocycles. The Kier molecular flexibility index (Phi) is 5.40. The molecule has 0 fully saturated rings. The van der Waals surface area contributed by atoms with Crippen LogP contribution in [-0.4, -0.2) is 19.7 Å². The fourth-order valence-corrected chi connectivity index (χ4v) is 4.61. The highest BCUT2D eigenvalue weighted by Gasteiger charge is 2.16. The third kappa shape index (κ3) is 3.99. The van der Waals surface area contributed by atoms with Gasteiger partial charge in [-0.2, -0.15) is 0 Å². The van der Waals surface area contributed by atoms with Crippen LogP contribution >= 0.6 is 23.1 Å². The van der Waals surface area contributed by atoms with Crippen molar-refractivity contribution in [3.63, 3.8) is 0 Å². The highest BCUT2D eigenvalue weighted by Crippen LogP contribution is 2.30. The molecular formula is C20H20N4OS2. The Labute approximate surface area is 166 Å². The van der Waals surface area contributed by atoms with E-state index < -0.39 is 0 Å². The summed E-state index contributed by atoms with van der Waals surface area (Å²) >= 11 is 3.34. The van der Waals surface area contributed by atoms with E-state index in [1.54, 1.807) is 29.4 Å². The Morgan fingerprint density at radius 2 is 2.11 bits per heavy atom. The lowest BCUT2D eigenvalue weighted by Crippen LogP contribution is -2.01. The summed E-state index contributed by atoms with van der Waals surface area (Å²) in [5.74, 6) is 2.30. The minimum absolute atomic E-state index is 0.748. The fourth-order valence-electron chi connectivity index (χ4n) is 2.83. The van der Waals surface area contributed by atoms with Crippen LogP contribution in [0.5, 0.6) is 0 Å². The summed E-state index contributed by atoms with van der Waals surface area (Å²) in [5, 5.41) is 12.8. The Balaban J connectivity index is 1.51. The first-order chi connectivity index (χ1) is 13.2. The maximum Gasteiger partial charge on any atom is 0.200 e. The normalized spacial score (nSPS) is 11.2.